The number of hydrogen-bond acceptors (Lipinski definition) is 5. The maximum atomic E-state index is 13.6. The molecule has 0 radical (unpaired) electrons. The quantitative estimate of drug-likeness (QED) is 0.799. The molecule has 24 heavy (non-hydrogen) atoms. The highest BCUT2D eigenvalue weighted by molar-refractivity contribution is 7.89. The summed E-state index contributed by atoms with van der Waals surface area (Å²) in [5.74, 6) is -0.702. The first kappa shape index (κ1) is 18.5. The average molecular weight is 360 g/mol. The first-order chi connectivity index (χ1) is 11.4. The Hall–Kier alpha value is -1.87. The number of amides is 1. The highest BCUT2D eigenvalue weighted by Gasteiger charge is 2.31. The minimum absolute atomic E-state index is 0.0306. The fraction of sp³-hybridized carbons (Fsp3) is 0.533. The van der Waals surface area contributed by atoms with Crippen molar-refractivity contribution in [1.82, 2.24) is 9.21 Å². The van der Waals surface area contributed by atoms with Crippen LogP contribution in [-0.4, -0.2) is 63.1 Å². The molecule has 1 aliphatic rings. The molecule has 1 saturated heterocycles. The Balaban J connectivity index is 2.12. The van der Waals surface area contributed by atoms with E-state index in [1.54, 1.807) is 13.8 Å². The van der Waals surface area contributed by atoms with E-state index in [9.17, 15) is 17.6 Å². The molecule has 2 rings (SSSR count). The van der Waals surface area contributed by atoms with Crippen LogP contribution in [0.1, 0.15) is 13.8 Å². The number of benzene rings is 1. The van der Waals surface area contributed by atoms with E-state index >= 15 is 0 Å². The van der Waals surface area contributed by atoms with Crippen LogP contribution < -0.4 is 4.74 Å². The van der Waals surface area contributed by atoms with Crippen LogP contribution in [0, 0.1) is 5.82 Å². The van der Waals surface area contributed by atoms with E-state index in [1.807, 2.05) is 0 Å². The van der Waals surface area contributed by atoms with Crippen LogP contribution in [0.3, 0.4) is 0 Å². The zero-order valence-corrected chi connectivity index (χ0v) is 14.5. The number of rotatable bonds is 5. The van der Waals surface area contributed by atoms with Gasteiger partial charge in [0, 0.05) is 32.2 Å². The van der Waals surface area contributed by atoms with Gasteiger partial charge >= 0.3 is 6.09 Å². The normalized spacial score (nSPS) is 16.0. The summed E-state index contributed by atoms with van der Waals surface area (Å²) in [5, 5.41) is 0. The molecule has 9 heteroatoms. The van der Waals surface area contributed by atoms with Gasteiger partial charge in [0.1, 0.15) is 0 Å². The summed E-state index contributed by atoms with van der Waals surface area (Å²) in [5.41, 5.74) is 0. The molecule has 1 aromatic carbocycles. The summed E-state index contributed by atoms with van der Waals surface area (Å²) in [6.45, 7) is 4.71. The molecule has 0 aliphatic carbocycles. The summed E-state index contributed by atoms with van der Waals surface area (Å²) >= 11 is 0. The van der Waals surface area contributed by atoms with Crippen molar-refractivity contribution < 1.29 is 27.1 Å². The lowest BCUT2D eigenvalue weighted by atomic mass is 10.3. The Morgan fingerprint density at radius 1 is 1.17 bits per heavy atom. The summed E-state index contributed by atoms with van der Waals surface area (Å²) in [4.78, 5) is 13.1. The van der Waals surface area contributed by atoms with Crippen molar-refractivity contribution in [1.29, 1.82) is 0 Å². The lowest BCUT2D eigenvalue weighted by Gasteiger charge is -2.33. The van der Waals surface area contributed by atoms with Crippen LogP contribution in [0.5, 0.6) is 5.75 Å². The predicted octanol–water partition coefficient (Wildman–Crippen LogP) is 1.69. The maximum Gasteiger partial charge on any atom is 0.409 e. The standard InChI is InChI=1S/C15H21FN2O5S/c1-3-22-14-11-12(5-6-13(14)16)24(20,21)18-9-7-17(8-10-18)15(19)23-4-2/h5-6,11H,3-4,7-10H2,1-2H3. The molecule has 0 unspecified atom stereocenters. The van der Waals surface area contributed by atoms with Gasteiger partial charge in [-0.15, -0.1) is 0 Å². The Morgan fingerprint density at radius 3 is 2.42 bits per heavy atom. The minimum Gasteiger partial charge on any atom is -0.491 e. The lowest BCUT2D eigenvalue weighted by molar-refractivity contribution is 0.0934. The van der Waals surface area contributed by atoms with Gasteiger partial charge in [0.15, 0.2) is 11.6 Å². The van der Waals surface area contributed by atoms with Gasteiger partial charge < -0.3 is 14.4 Å². The second kappa shape index (κ2) is 7.80. The first-order valence-corrected chi connectivity index (χ1v) is 9.18. The molecule has 134 valence electrons. The van der Waals surface area contributed by atoms with Crippen LogP contribution in [-0.2, 0) is 14.8 Å². The fourth-order valence-corrected chi connectivity index (χ4v) is 3.82. The number of sulfonamides is 1. The Kier molecular flexibility index (Phi) is 6.00. The van der Waals surface area contributed by atoms with Gasteiger partial charge in [-0.1, -0.05) is 0 Å². The fourth-order valence-electron chi connectivity index (χ4n) is 2.39. The Bertz CT molecular complexity index is 687. The number of piperazine rings is 1. The van der Waals surface area contributed by atoms with E-state index in [0.29, 0.717) is 0 Å². The van der Waals surface area contributed by atoms with Gasteiger partial charge in [-0.05, 0) is 26.0 Å². The average Bonchev–Trinajstić information content (AvgIpc) is 2.57. The minimum atomic E-state index is -3.77. The van der Waals surface area contributed by atoms with Gasteiger partial charge in [0.25, 0.3) is 0 Å². The molecule has 0 saturated carbocycles. The molecular formula is C15H21FN2O5S. The summed E-state index contributed by atoms with van der Waals surface area (Å²) in [6, 6.07) is 3.48. The van der Waals surface area contributed by atoms with Crippen LogP contribution in [0.2, 0.25) is 0 Å². The molecule has 0 N–H and O–H groups in total. The molecule has 0 atom stereocenters. The zero-order chi connectivity index (χ0) is 17.7. The van der Waals surface area contributed by atoms with Gasteiger partial charge in [-0.3, -0.25) is 0 Å². The van der Waals surface area contributed by atoms with E-state index in [2.05, 4.69) is 0 Å². The molecule has 1 heterocycles. The molecule has 7 nitrogen and oxygen atoms in total. The van der Waals surface area contributed by atoms with Crippen LogP contribution in [0.25, 0.3) is 0 Å². The van der Waals surface area contributed by atoms with E-state index < -0.39 is 21.9 Å². The van der Waals surface area contributed by atoms with Gasteiger partial charge in [0.2, 0.25) is 10.0 Å². The first-order valence-electron chi connectivity index (χ1n) is 7.74. The van der Waals surface area contributed by atoms with Crippen molar-refractivity contribution in [2.45, 2.75) is 18.7 Å². The molecule has 1 fully saturated rings. The smallest absolute Gasteiger partial charge is 0.409 e. The summed E-state index contributed by atoms with van der Waals surface area (Å²) in [7, 11) is -3.77. The Morgan fingerprint density at radius 2 is 1.83 bits per heavy atom. The van der Waals surface area contributed by atoms with E-state index in [1.165, 1.54) is 21.3 Å². The van der Waals surface area contributed by atoms with Crippen molar-refractivity contribution in [3.05, 3.63) is 24.0 Å². The number of hydrogen-bond donors (Lipinski definition) is 0. The molecular weight excluding hydrogens is 339 g/mol. The molecule has 1 amide bonds. The van der Waals surface area contributed by atoms with Crippen LogP contribution >= 0.6 is 0 Å². The number of halogens is 1. The summed E-state index contributed by atoms with van der Waals surface area (Å²) < 4.78 is 50.2. The van der Waals surface area contributed by atoms with Gasteiger partial charge in [0.05, 0.1) is 18.1 Å². The number of ether oxygens (including phenoxy) is 2. The topological polar surface area (TPSA) is 76.2 Å². The highest BCUT2D eigenvalue weighted by atomic mass is 32.2. The van der Waals surface area contributed by atoms with Crippen molar-refractivity contribution >= 4 is 16.1 Å². The van der Waals surface area contributed by atoms with Crippen molar-refractivity contribution in [2.24, 2.45) is 0 Å². The molecule has 0 spiro atoms. The van der Waals surface area contributed by atoms with Gasteiger partial charge in [-0.2, -0.15) is 4.31 Å². The molecule has 1 aliphatic heterocycles. The number of carbonyl (C=O) groups is 1. The van der Waals surface area contributed by atoms with Crippen LogP contribution in [0.4, 0.5) is 9.18 Å². The third-order valence-corrected chi connectivity index (χ3v) is 5.50. The number of carbonyl (C=O) groups excluding carboxylic acids is 1. The third-order valence-electron chi connectivity index (χ3n) is 3.60. The van der Waals surface area contributed by atoms with Crippen molar-refractivity contribution in [3.63, 3.8) is 0 Å². The van der Waals surface area contributed by atoms with E-state index in [0.717, 1.165) is 6.07 Å². The third kappa shape index (κ3) is 3.96. The predicted molar refractivity (Wildman–Crippen MR) is 84.9 cm³/mol. The van der Waals surface area contributed by atoms with Crippen LogP contribution in [0.15, 0.2) is 23.1 Å². The Labute approximate surface area is 141 Å². The maximum absolute atomic E-state index is 13.6. The number of nitrogens with zero attached hydrogens (tertiary/aromatic N) is 2. The largest absolute Gasteiger partial charge is 0.491 e. The lowest BCUT2D eigenvalue weighted by Crippen LogP contribution is -2.50. The summed E-state index contributed by atoms with van der Waals surface area (Å²) in [6.07, 6.45) is -0.449. The van der Waals surface area contributed by atoms with Crippen molar-refractivity contribution in [3.8, 4) is 5.75 Å². The second-order valence-electron chi connectivity index (χ2n) is 5.12. The van der Waals surface area contributed by atoms with Crippen molar-refractivity contribution in [2.75, 3.05) is 39.4 Å². The molecule has 0 bridgehead atoms. The highest BCUT2D eigenvalue weighted by Crippen LogP contribution is 2.25. The molecule has 1 aromatic rings. The monoisotopic (exact) mass is 360 g/mol. The second-order valence-corrected chi connectivity index (χ2v) is 7.05. The molecule has 0 aromatic heterocycles. The van der Waals surface area contributed by atoms with E-state index in [4.69, 9.17) is 9.47 Å². The van der Waals surface area contributed by atoms with E-state index in [-0.39, 0.29) is 50.0 Å². The SMILES string of the molecule is CCOC(=O)N1CCN(S(=O)(=O)c2ccc(F)c(OCC)c2)CC1. The van der Waals surface area contributed by atoms with Gasteiger partial charge in [-0.25, -0.2) is 17.6 Å². The zero-order valence-electron chi connectivity index (χ0n) is 13.7.